The number of carbonyl (C=O) groups is 4. The molecule has 0 spiro atoms. The van der Waals surface area contributed by atoms with Gasteiger partial charge >= 0.3 is 39.5 Å². The Morgan fingerprint density at radius 3 is 0.739 bits per heavy atom. The SMILES string of the molecule is CCCCCCCCCCCCCC(=O)O[C@H](COC(=O)CCCCCCCCCC(C)C)COP(=O)(O)OC[C@H](O)COP(=O)(O)OC[C@@H](COC(=O)CCCCCCCCCCCCCCC(C)C)OC(=O)CCCCCCCCCCCCCCCC(C)C. The molecule has 19 heteroatoms. The number of unbranched alkanes of at least 4 members (excludes halogenated alkanes) is 39. The van der Waals surface area contributed by atoms with Crippen molar-refractivity contribution in [3.8, 4) is 0 Å². The molecule has 0 aromatic heterocycles. The zero-order valence-corrected chi connectivity index (χ0v) is 61.8. The molecule has 3 N–H and O–H groups in total. The quantitative estimate of drug-likeness (QED) is 0.0222. The number of aliphatic hydroxyl groups is 1. The lowest BCUT2D eigenvalue weighted by atomic mass is 10.0. The summed E-state index contributed by atoms with van der Waals surface area (Å²) in [6, 6.07) is 0. The maximum absolute atomic E-state index is 13.1. The molecule has 0 aromatic rings. The minimum Gasteiger partial charge on any atom is -0.462 e. The van der Waals surface area contributed by atoms with Crippen LogP contribution in [0.2, 0.25) is 0 Å². The summed E-state index contributed by atoms with van der Waals surface area (Å²) in [5.74, 6) is 0.152. The van der Waals surface area contributed by atoms with Crippen molar-refractivity contribution < 1.29 is 80.2 Å². The summed E-state index contributed by atoms with van der Waals surface area (Å²) in [6.45, 7) is 11.8. The Kier molecular flexibility index (Phi) is 62.4. The van der Waals surface area contributed by atoms with Gasteiger partial charge in [-0.1, -0.05) is 318 Å². The Hall–Kier alpha value is -1.94. The van der Waals surface area contributed by atoms with Gasteiger partial charge in [-0.3, -0.25) is 37.3 Å². The number of esters is 4. The topological polar surface area (TPSA) is 237 Å². The van der Waals surface area contributed by atoms with E-state index in [1.807, 2.05) is 0 Å². The molecule has 0 aromatic carbocycles. The predicted molar refractivity (Wildman–Crippen MR) is 372 cm³/mol. The van der Waals surface area contributed by atoms with E-state index in [-0.39, 0.29) is 25.7 Å². The van der Waals surface area contributed by atoms with E-state index in [1.54, 1.807) is 0 Å². The molecule has 0 aliphatic rings. The first kappa shape index (κ1) is 90.1. The zero-order chi connectivity index (χ0) is 68.0. The van der Waals surface area contributed by atoms with E-state index in [9.17, 15) is 43.2 Å². The van der Waals surface area contributed by atoms with E-state index in [4.69, 9.17) is 37.0 Å². The summed E-state index contributed by atoms with van der Waals surface area (Å²) in [4.78, 5) is 72.7. The zero-order valence-electron chi connectivity index (χ0n) is 60.0. The molecule has 92 heavy (non-hydrogen) atoms. The Balaban J connectivity index is 5.25. The van der Waals surface area contributed by atoms with Crippen LogP contribution in [0.3, 0.4) is 0 Å². The normalized spacial score (nSPS) is 14.1. The number of phosphoric acid groups is 2. The van der Waals surface area contributed by atoms with Crippen LogP contribution in [0.25, 0.3) is 0 Å². The summed E-state index contributed by atoms with van der Waals surface area (Å²) in [5, 5.41) is 10.6. The van der Waals surface area contributed by atoms with E-state index in [2.05, 4.69) is 48.5 Å². The molecule has 17 nitrogen and oxygen atoms in total. The van der Waals surface area contributed by atoms with Gasteiger partial charge in [-0.15, -0.1) is 0 Å². The van der Waals surface area contributed by atoms with Crippen LogP contribution in [0.5, 0.6) is 0 Å². The predicted octanol–water partition coefficient (Wildman–Crippen LogP) is 21.0. The number of rotatable bonds is 71. The first-order valence-corrected chi connectivity index (χ1v) is 40.8. The number of ether oxygens (including phenoxy) is 4. The summed E-state index contributed by atoms with van der Waals surface area (Å²) in [7, 11) is -9.91. The van der Waals surface area contributed by atoms with Crippen LogP contribution < -0.4 is 0 Å². The van der Waals surface area contributed by atoms with Crippen molar-refractivity contribution in [3.63, 3.8) is 0 Å². The third-order valence-electron chi connectivity index (χ3n) is 16.9. The molecule has 0 amide bonds. The van der Waals surface area contributed by atoms with Gasteiger partial charge in [0.25, 0.3) is 0 Å². The van der Waals surface area contributed by atoms with Crippen LogP contribution in [-0.2, 0) is 65.4 Å². The van der Waals surface area contributed by atoms with Crippen molar-refractivity contribution in [1.29, 1.82) is 0 Å². The van der Waals surface area contributed by atoms with E-state index >= 15 is 0 Å². The third kappa shape index (κ3) is 66.7. The van der Waals surface area contributed by atoms with Crippen LogP contribution in [-0.4, -0.2) is 96.7 Å². The van der Waals surface area contributed by atoms with E-state index in [1.165, 1.54) is 173 Å². The van der Waals surface area contributed by atoms with Gasteiger partial charge in [0.2, 0.25) is 0 Å². The van der Waals surface area contributed by atoms with Crippen LogP contribution in [0, 0.1) is 17.8 Å². The van der Waals surface area contributed by atoms with Crippen LogP contribution in [0.4, 0.5) is 0 Å². The molecular formula is C73H142O17P2. The first-order valence-electron chi connectivity index (χ1n) is 37.8. The molecule has 0 aliphatic carbocycles. The number of aliphatic hydroxyl groups excluding tert-OH is 1. The fourth-order valence-corrected chi connectivity index (χ4v) is 12.7. The molecule has 0 fully saturated rings. The maximum Gasteiger partial charge on any atom is 0.472 e. The van der Waals surface area contributed by atoms with Gasteiger partial charge in [-0.2, -0.15) is 0 Å². The van der Waals surface area contributed by atoms with Crippen molar-refractivity contribution in [2.24, 2.45) is 17.8 Å². The van der Waals surface area contributed by atoms with Crippen LogP contribution >= 0.6 is 15.6 Å². The Bertz CT molecular complexity index is 1800. The lowest BCUT2D eigenvalue weighted by Crippen LogP contribution is -2.30. The average Bonchev–Trinajstić information content (AvgIpc) is 1.57. The number of hydrogen-bond acceptors (Lipinski definition) is 15. The minimum atomic E-state index is -4.96. The molecule has 0 radical (unpaired) electrons. The molecule has 0 aliphatic heterocycles. The molecular weight excluding hydrogens is 1210 g/mol. The first-order chi connectivity index (χ1) is 44.2. The lowest BCUT2D eigenvalue weighted by molar-refractivity contribution is -0.161. The highest BCUT2D eigenvalue weighted by Crippen LogP contribution is 2.45. The average molecular weight is 1350 g/mol. The summed E-state index contributed by atoms with van der Waals surface area (Å²) in [5.41, 5.74) is 0. The minimum absolute atomic E-state index is 0.106. The molecule has 5 atom stereocenters. The smallest absolute Gasteiger partial charge is 0.462 e. The highest BCUT2D eigenvalue weighted by molar-refractivity contribution is 7.47. The number of carbonyl (C=O) groups excluding carboxylic acids is 4. The second-order valence-corrected chi connectivity index (χ2v) is 30.7. The largest absolute Gasteiger partial charge is 0.472 e. The van der Waals surface area contributed by atoms with Crippen molar-refractivity contribution in [2.75, 3.05) is 39.6 Å². The Morgan fingerprint density at radius 2 is 0.500 bits per heavy atom. The standard InChI is InChI=1S/C73H142O17P2/c1-8-9-10-11-12-13-19-27-34-42-49-56-72(77)90-69(61-84-71(76)55-48-41-36-29-32-39-46-53-66(6)7)63-88-92(81,82)86-59-67(74)58-85-91(79,80)87-62-68(60-83-70(75)54-47-40-33-26-22-18-17-21-25-31-38-45-52-65(4)5)89-73(78)57-50-43-35-28-23-16-14-15-20-24-30-37-44-51-64(2)3/h64-69,74H,8-63H2,1-7H3,(H,79,80)(H,81,82)/t67-,68-,69-/m1/s1. The maximum atomic E-state index is 13.1. The summed E-state index contributed by atoms with van der Waals surface area (Å²) < 4.78 is 68.4. The molecule has 0 saturated carbocycles. The van der Waals surface area contributed by atoms with Gasteiger partial charge in [-0.05, 0) is 43.4 Å². The Labute approximate surface area is 562 Å². The van der Waals surface area contributed by atoms with E-state index in [0.717, 1.165) is 108 Å². The van der Waals surface area contributed by atoms with E-state index in [0.29, 0.717) is 31.6 Å². The molecule has 0 bridgehead atoms. The number of hydrogen-bond donors (Lipinski definition) is 3. The fourth-order valence-electron chi connectivity index (χ4n) is 11.1. The van der Waals surface area contributed by atoms with Crippen molar-refractivity contribution in [3.05, 3.63) is 0 Å². The molecule has 0 heterocycles. The van der Waals surface area contributed by atoms with E-state index < -0.39 is 97.5 Å². The fraction of sp³-hybridized carbons (Fsp3) is 0.945. The Morgan fingerprint density at radius 1 is 0.293 bits per heavy atom. The molecule has 546 valence electrons. The van der Waals surface area contributed by atoms with Gasteiger partial charge in [0.15, 0.2) is 12.2 Å². The summed E-state index contributed by atoms with van der Waals surface area (Å²) in [6.07, 6.45) is 48.5. The third-order valence-corrected chi connectivity index (χ3v) is 18.8. The van der Waals surface area contributed by atoms with Gasteiger partial charge in [0.1, 0.15) is 19.3 Å². The molecule has 0 saturated heterocycles. The second kappa shape index (κ2) is 63.8. The van der Waals surface area contributed by atoms with Crippen molar-refractivity contribution in [1.82, 2.24) is 0 Å². The lowest BCUT2D eigenvalue weighted by Gasteiger charge is -2.21. The highest BCUT2D eigenvalue weighted by Gasteiger charge is 2.30. The number of phosphoric ester groups is 2. The highest BCUT2D eigenvalue weighted by atomic mass is 31.2. The van der Waals surface area contributed by atoms with Gasteiger partial charge < -0.3 is 33.8 Å². The monoisotopic (exact) mass is 1350 g/mol. The second-order valence-electron chi connectivity index (χ2n) is 27.8. The van der Waals surface area contributed by atoms with Crippen LogP contribution in [0.1, 0.15) is 370 Å². The van der Waals surface area contributed by atoms with Crippen molar-refractivity contribution >= 4 is 39.5 Å². The molecule has 2 unspecified atom stereocenters. The van der Waals surface area contributed by atoms with Gasteiger partial charge in [0, 0.05) is 25.7 Å². The molecule has 0 rings (SSSR count). The van der Waals surface area contributed by atoms with Crippen molar-refractivity contribution in [2.45, 2.75) is 388 Å². The van der Waals surface area contributed by atoms with Gasteiger partial charge in [-0.25, -0.2) is 9.13 Å². The van der Waals surface area contributed by atoms with Gasteiger partial charge in [0.05, 0.1) is 26.4 Å². The van der Waals surface area contributed by atoms with Crippen LogP contribution in [0.15, 0.2) is 0 Å². The summed E-state index contributed by atoms with van der Waals surface area (Å²) >= 11 is 0.